The Hall–Kier alpha value is -2.25. The van der Waals surface area contributed by atoms with Crippen molar-refractivity contribution in [3.05, 3.63) is 12.5 Å². The molecule has 1 aliphatic heterocycles. The van der Waals surface area contributed by atoms with Crippen LogP contribution in [0.1, 0.15) is 19.8 Å². The van der Waals surface area contributed by atoms with Crippen molar-refractivity contribution in [3.63, 3.8) is 0 Å². The van der Waals surface area contributed by atoms with Crippen LogP contribution >= 0.6 is 0 Å². The largest absolute Gasteiger partial charge is 0.356 e. The lowest BCUT2D eigenvalue weighted by atomic mass is 9.93. The maximum Gasteiger partial charge on any atom is 0.216 e. The van der Waals surface area contributed by atoms with Gasteiger partial charge in [-0.25, -0.2) is 14.4 Å². The number of carbonyl (C=O) groups is 1. The van der Waals surface area contributed by atoms with E-state index in [1.165, 1.54) is 13.3 Å². The molecular formula is C13H17FN6O. The lowest BCUT2D eigenvalue weighted by molar-refractivity contribution is -0.119. The maximum atomic E-state index is 14.6. The smallest absolute Gasteiger partial charge is 0.216 e. The van der Waals surface area contributed by atoms with Crippen LogP contribution in [-0.2, 0) is 4.79 Å². The third kappa shape index (κ3) is 2.79. The number of piperidine rings is 1. The second-order valence-electron chi connectivity index (χ2n) is 5.38. The topological polar surface area (TPSA) is 86.8 Å². The molecule has 8 heteroatoms. The van der Waals surface area contributed by atoms with Crippen LogP contribution in [-0.4, -0.2) is 51.4 Å². The van der Waals surface area contributed by atoms with Gasteiger partial charge in [-0.3, -0.25) is 9.89 Å². The van der Waals surface area contributed by atoms with Gasteiger partial charge in [0, 0.05) is 32.9 Å². The number of carbonyl (C=O) groups excluding carboxylic acids is 1. The fourth-order valence-electron chi connectivity index (χ4n) is 2.58. The van der Waals surface area contributed by atoms with Crippen molar-refractivity contribution in [2.24, 2.45) is 0 Å². The maximum absolute atomic E-state index is 14.6. The molecule has 7 nitrogen and oxygen atoms in total. The molecule has 2 N–H and O–H groups in total. The van der Waals surface area contributed by atoms with Crippen molar-refractivity contribution < 1.29 is 9.18 Å². The summed E-state index contributed by atoms with van der Waals surface area (Å²) in [7, 11) is 0. The third-order valence-corrected chi connectivity index (χ3v) is 3.84. The number of aromatic amines is 1. The minimum Gasteiger partial charge on any atom is -0.356 e. The molecular weight excluding hydrogens is 275 g/mol. The Kier molecular flexibility index (Phi) is 3.44. The molecule has 1 amide bonds. The molecule has 2 aromatic rings. The van der Waals surface area contributed by atoms with Crippen LogP contribution < -0.4 is 10.2 Å². The van der Waals surface area contributed by atoms with Crippen LogP contribution in [0.4, 0.5) is 10.2 Å². The third-order valence-electron chi connectivity index (χ3n) is 3.84. The predicted molar refractivity (Wildman–Crippen MR) is 75.7 cm³/mol. The Balaban J connectivity index is 1.71. The van der Waals surface area contributed by atoms with Crippen molar-refractivity contribution in [3.8, 4) is 0 Å². The van der Waals surface area contributed by atoms with Gasteiger partial charge in [0.1, 0.15) is 17.8 Å². The van der Waals surface area contributed by atoms with Crippen LogP contribution in [0.2, 0.25) is 0 Å². The number of amides is 1. The Labute approximate surface area is 121 Å². The number of alkyl halides is 1. The Morgan fingerprint density at radius 1 is 1.48 bits per heavy atom. The number of hydrogen-bond donors (Lipinski definition) is 2. The molecule has 0 atom stereocenters. The Bertz CT molecular complexity index is 649. The minimum atomic E-state index is -1.34. The standard InChI is InChI=1S/C13H17FN6O/c1-9(21)15-7-13(14)2-4-20(5-3-13)12-10-6-18-19-11(10)16-8-17-12/h6,8H,2-5,7H2,1H3,(H,15,21)(H,16,17,18,19). The van der Waals surface area contributed by atoms with E-state index in [-0.39, 0.29) is 12.5 Å². The van der Waals surface area contributed by atoms with Crippen molar-refractivity contribution >= 4 is 22.8 Å². The quantitative estimate of drug-likeness (QED) is 0.873. The molecule has 112 valence electrons. The summed E-state index contributed by atoms with van der Waals surface area (Å²) in [6, 6.07) is 0. The first-order chi connectivity index (χ1) is 10.1. The molecule has 2 aromatic heterocycles. The first kappa shape index (κ1) is 13.7. The molecule has 0 unspecified atom stereocenters. The van der Waals surface area contributed by atoms with Gasteiger partial charge in [0.25, 0.3) is 0 Å². The summed E-state index contributed by atoms with van der Waals surface area (Å²) >= 11 is 0. The molecule has 1 saturated heterocycles. The van der Waals surface area contributed by atoms with Crippen molar-refractivity contribution in [1.82, 2.24) is 25.5 Å². The zero-order valence-corrected chi connectivity index (χ0v) is 11.8. The molecule has 3 rings (SSSR count). The molecule has 1 fully saturated rings. The number of rotatable bonds is 3. The predicted octanol–water partition coefficient (Wildman–Crippen LogP) is 0.797. The van der Waals surface area contributed by atoms with E-state index in [2.05, 4.69) is 25.5 Å². The minimum absolute atomic E-state index is 0.0705. The van der Waals surface area contributed by atoms with Crippen LogP contribution in [0.3, 0.4) is 0 Å². The molecule has 0 aliphatic carbocycles. The lowest BCUT2D eigenvalue weighted by Gasteiger charge is -2.37. The Morgan fingerprint density at radius 3 is 2.95 bits per heavy atom. The number of nitrogens with one attached hydrogen (secondary N) is 2. The SMILES string of the molecule is CC(=O)NCC1(F)CCN(c2ncnc3[nH]ncc23)CC1. The highest BCUT2D eigenvalue weighted by molar-refractivity contribution is 5.86. The zero-order chi connectivity index (χ0) is 14.9. The number of halogens is 1. The molecule has 0 bridgehead atoms. The first-order valence-corrected chi connectivity index (χ1v) is 6.90. The van der Waals surface area contributed by atoms with E-state index in [0.29, 0.717) is 31.6 Å². The lowest BCUT2D eigenvalue weighted by Crippen LogP contribution is -2.48. The summed E-state index contributed by atoms with van der Waals surface area (Å²) in [6.07, 6.45) is 3.87. The van der Waals surface area contributed by atoms with E-state index in [1.807, 2.05) is 4.90 Å². The van der Waals surface area contributed by atoms with Gasteiger partial charge in [-0.15, -0.1) is 0 Å². The monoisotopic (exact) mass is 292 g/mol. The first-order valence-electron chi connectivity index (χ1n) is 6.90. The van der Waals surface area contributed by atoms with Gasteiger partial charge < -0.3 is 10.2 Å². The highest BCUT2D eigenvalue weighted by Crippen LogP contribution is 2.30. The van der Waals surface area contributed by atoms with Crippen LogP contribution in [0.15, 0.2) is 12.5 Å². The molecule has 0 radical (unpaired) electrons. The summed E-state index contributed by atoms with van der Waals surface area (Å²) in [5.74, 6) is 0.570. The summed E-state index contributed by atoms with van der Waals surface area (Å²) in [5, 5.41) is 10.2. The van der Waals surface area contributed by atoms with E-state index in [9.17, 15) is 9.18 Å². The van der Waals surface area contributed by atoms with Gasteiger partial charge in [-0.2, -0.15) is 5.10 Å². The van der Waals surface area contributed by atoms with E-state index in [4.69, 9.17) is 0 Å². The van der Waals surface area contributed by atoms with E-state index in [1.54, 1.807) is 6.20 Å². The van der Waals surface area contributed by atoms with E-state index >= 15 is 0 Å². The molecule has 0 saturated carbocycles. The van der Waals surface area contributed by atoms with Crippen LogP contribution in [0.5, 0.6) is 0 Å². The van der Waals surface area contributed by atoms with Gasteiger partial charge >= 0.3 is 0 Å². The fourth-order valence-corrected chi connectivity index (χ4v) is 2.58. The second-order valence-corrected chi connectivity index (χ2v) is 5.38. The number of anilines is 1. The summed E-state index contributed by atoms with van der Waals surface area (Å²) in [5.41, 5.74) is -0.666. The number of hydrogen-bond acceptors (Lipinski definition) is 5. The van der Waals surface area contributed by atoms with Gasteiger partial charge in [-0.05, 0) is 0 Å². The van der Waals surface area contributed by atoms with Crippen molar-refractivity contribution in [2.45, 2.75) is 25.4 Å². The van der Waals surface area contributed by atoms with Crippen LogP contribution in [0, 0.1) is 0 Å². The molecule has 0 aromatic carbocycles. The number of fused-ring (bicyclic) bond motifs is 1. The van der Waals surface area contributed by atoms with Crippen molar-refractivity contribution in [1.29, 1.82) is 0 Å². The fraction of sp³-hybridized carbons (Fsp3) is 0.538. The van der Waals surface area contributed by atoms with E-state index < -0.39 is 5.67 Å². The summed E-state index contributed by atoms with van der Waals surface area (Å²) < 4.78 is 14.6. The highest BCUT2D eigenvalue weighted by atomic mass is 19.1. The second kappa shape index (κ2) is 5.27. The Morgan fingerprint density at radius 2 is 2.24 bits per heavy atom. The summed E-state index contributed by atoms with van der Waals surface area (Å²) in [4.78, 5) is 21.3. The number of nitrogens with zero attached hydrogens (tertiary/aromatic N) is 4. The van der Waals surface area contributed by atoms with Crippen molar-refractivity contribution in [2.75, 3.05) is 24.5 Å². The normalized spacial score (nSPS) is 17.9. The van der Waals surface area contributed by atoms with E-state index in [0.717, 1.165) is 11.2 Å². The van der Waals surface area contributed by atoms with Crippen LogP contribution in [0.25, 0.3) is 11.0 Å². The molecule has 1 aliphatic rings. The summed E-state index contributed by atoms with van der Waals surface area (Å²) in [6.45, 7) is 2.57. The number of aromatic nitrogens is 4. The average molecular weight is 292 g/mol. The van der Waals surface area contributed by atoms with Gasteiger partial charge in [-0.1, -0.05) is 0 Å². The van der Waals surface area contributed by atoms with Gasteiger partial charge in [0.15, 0.2) is 5.65 Å². The van der Waals surface area contributed by atoms with Gasteiger partial charge in [0.05, 0.1) is 18.1 Å². The zero-order valence-electron chi connectivity index (χ0n) is 11.8. The van der Waals surface area contributed by atoms with Gasteiger partial charge in [0.2, 0.25) is 5.91 Å². The highest BCUT2D eigenvalue weighted by Gasteiger charge is 2.35. The molecule has 0 spiro atoms. The average Bonchev–Trinajstić information content (AvgIpc) is 2.95. The number of H-pyrrole nitrogens is 1. The molecule has 21 heavy (non-hydrogen) atoms. The molecule has 3 heterocycles.